The van der Waals surface area contributed by atoms with Gasteiger partial charge in [-0.1, -0.05) is 26.5 Å². The Morgan fingerprint density at radius 2 is 2.08 bits per heavy atom. The second-order valence-corrected chi connectivity index (χ2v) is 1.95. The normalized spacial score (nSPS) is 8.25. The Morgan fingerprint density at radius 3 is 2.42 bits per heavy atom. The van der Waals surface area contributed by atoms with Gasteiger partial charge in [0.25, 0.3) is 0 Å². The van der Waals surface area contributed by atoms with E-state index in [-0.39, 0.29) is 0 Å². The predicted octanol–water partition coefficient (Wildman–Crippen LogP) is 2.72. The van der Waals surface area contributed by atoms with Crippen molar-refractivity contribution in [1.82, 2.24) is 10.2 Å². The third kappa shape index (κ3) is 2.05. The monoisotopic (exact) mass is 165 g/mol. The molecule has 0 atom stereocenters. The number of hydrogen-bond acceptors (Lipinski definition) is 2. The van der Waals surface area contributed by atoms with Crippen molar-refractivity contribution in [3.8, 4) is 0 Å². The number of H-pyrrole nitrogens is 1. The average molecular weight is 165 g/mol. The van der Waals surface area contributed by atoms with Crippen LogP contribution in [0.2, 0.25) is 0 Å². The van der Waals surface area contributed by atoms with E-state index in [1.165, 1.54) is 0 Å². The number of aromatic nitrogens is 2. The molecule has 0 radical (unpaired) electrons. The van der Waals surface area contributed by atoms with Crippen molar-refractivity contribution in [1.29, 1.82) is 0 Å². The molecule has 1 rings (SSSR count). The molecule has 0 spiro atoms. The smallest absolute Gasteiger partial charge is 0.180 e. The number of aliphatic imine (C=N–C) groups is 1. The number of rotatable bonds is 2. The van der Waals surface area contributed by atoms with E-state index < -0.39 is 0 Å². The third-order valence-corrected chi connectivity index (χ3v) is 1.33. The number of nitrogens with zero attached hydrogens (tertiary/aromatic N) is 2. The van der Waals surface area contributed by atoms with Crippen LogP contribution in [0.3, 0.4) is 0 Å². The van der Waals surface area contributed by atoms with Crippen molar-refractivity contribution in [2.45, 2.75) is 20.8 Å². The highest BCUT2D eigenvalue weighted by atomic mass is 15.2. The summed E-state index contributed by atoms with van der Waals surface area (Å²) in [6.07, 6.45) is 1.71. The van der Waals surface area contributed by atoms with E-state index in [2.05, 4.69) is 28.5 Å². The van der Waals surface area contributed by atoms with Gasteiger partial charge in [0, 0.05) is 11.3 Å². The van der Waals surface area contributed by atoms with Crippen molar-refractivity contribution >= 4 is 18.6 Å². The molecule has 1 heterocycles. The molecule has 0 saturated heterocycles. The summed E-state index contributed by atoms with van der Waals surface area (Å²) < 4.78 is 0. The lowest BCUT2D eigenvalue weighted by Crippen LogP contribution is -1.71. The lowest BCUT2D eigenvalue weighted by atomic mass is 10.2. The fourth-order valence-corrected chi connectivity index (χ4v) is 0.790. The minimum Gasteiger partial charge on any atom is -0.280 e. The van der Waals surface area contributed by atoms with Crippen molar-refractivity contribution in [2.24, 2.45) is 4.99 Å². The van der Waals surface area contributed by atoms with E-state index in [1.54, 1.807) is 6.08 Å². The second kappa shape index (κ2) is 5.29. The van der Waals surface area contributed by atoms with Crippen LogP contribution < -0.4 is 0 Å². The molecule has 0 saturated carbocycles. The van der Waals surface area contributed by atoms with Gasteiger partial charge in [0.15, 0.2) is 5.82 Å². The Hall–Kier alpha value is -1.38. The molecule has 0 aliphatic carbocycles. The van der Waals surface area contributed by atoms with Gasteiger partial charge >= 0.3 is 0 Å². The number of nitrogens with one attached hydrogen (secondary N) is 1. The first-order valence-corrected chi connectivity index (χ1v) is 3.93. The van der Waals surface area contributed by atoms with E-state index in [0.29, 0.717) is 5.82 Å². The molecule has 1 aromatic heterocycles. The standard InChI is InChI=1S/C7H9N3.C2H6/c1-4-6-5(2)9-10-7(6)8-3;1-2/h4H,1,3H2,2H3,(H,9,10);1-2H3. The maximum absolute atomic E-state index is 3.88. The maximum atomic E-state index is 3.88. The Balaban J connectivity index is 0.000000561. The zero-order valence-electron chi connectivity index (χ0n) is 7.89. The quantitative estimate of drug-likeness (QED) is 0.672. The predicted molar refractivity (Wildman–Crippen MR) is 54.0 cm³/mol. The maximum Gasteiger partial charge on any atom is 0.180 e. The molecule has 3 heteroatoms. The molecule has 0 amide bonds. The van der Waals surface area contributed by atoms with Gasteiger partial charge in [-0.25, -0.2) is 4.99 Å². The largest absolute Gasteiger partial charge is 0.280 e. The van der Waals surface area contributed by atoms with Gasteiger partial charge in [0.2, 0.25) is 0 Å². The second-order valence-electron chi connectivity index (χ2n) is 1.95. The fraction of sp³-hybridized carbons (Fsp3) is 0.333. The van der Waals surface area contributed by atoms with Crippen LogP contribution in [0.25, 0.3) is 6.08 Å². The molecule has 1 aromatic rings. The van der Waals surface area contributed by atoms with Crippen molar-refractivity contribution < 1.29 is 0 Å². The Morgan fingerprint density at radius 1 is 1.50 bits per heavy atom. The summed E-state index contributed by atoms with van der Waals surface area (Å²) in [5.41, 5.74) is 1.90. The van der Waals surface area contributed by atoms with Crippen LogP contribution in [0, 0.1) is 6.92 Å². The van der Waals surface area contributed by atoms with E-state index in [4.69, 9.17) is 0 Å². The summed E-state index contributed by atoms with van der Waals surface area (Å²) in [5, 5.41) is 6.66. The van der Waals surface area contributed by atoms with E-state index in [0.717, 1.165) is 11.3 Å². The summed E-state index contributed by atoms with van der Waals surface area (Å²) in [7, 11) is 0. The first-order valence-electron chi connectivity index (χ1n) is 3.93. The molecule has 0 aromatic carbocycles. The van der Waals surface area contributed by atoms with Gasteiger partial charge in [-0.05, 0) is 13.6 Å². The zero-order chi connectivity index (χ0) is 9.56. The Bertz CT molecular complexity index is 261. The summed E-state index contributed by atoms with van der Waals surface area (Å²) in [4.78, 5) is 3.70. The van der Waals surface area contributed by atoms with E-state index >= 15 is 0 Å². The van der Waals surface area contributed by atoms with Gasteiger partial charge in [-0.2, -0.15) is 5.10 Å². The molecule has 66 valence electrons. The van der Waals surface area contributed by atoms with Crippen LogP contribution in [0.4, 0.5) is 5.82 Å². The number of aromatic amines is 1. The van der Waals surface area contributed by atoms with Gasteiger partial charge in [0.1, 0.15) is 0 Å². The highest BCUT2D eigenvalue weighted by molar-refractivity contribution is 5.63. The topological polar surface area (TPSA) is 41.0 Å². The molecule has 0 fully saturated rings. The summed E-state index contributed by atoms with van der Waals surface area (Å²) >= 11 is 0. The minimum atomic E-state index is 0.618. The minimum absolute atomic E-state index is 0.618. The third-order valence-electron chi connectivity index (χ3n) is 1.33. The zero-order valence-corrected chi connectivity index (χ0v) is 7.89. The van der Waals surface area contributed by atoms with Gasteiger partial charge in [0.05, 0.1) is 0 Å². The molecule has 3 nitrogen and oxygen atoms in total. The van der Waals surface area contributed by atoms with Crippen LogP contribution in [0.5, 0.6) is 0 Å². The summed E-state index contributed by atoms with van der Waals surface area (Å²) in [5.74, 6) is 0.618. The fourth-order valence-electron chi connectivity index (χ4n) is 0.790. The van der Waals surface area contributed by atoms with Crippen LogP contribution in [-0.4, -0.2) is 16.9 Å². The average Bonchev–Trinajstić information content (AvgIpc) is 2.49. The van der Waals surface area contributed by atoms with Crippen molar-refractivity contribution in [3.05, 3.63) is 17.8 Å². The molecule has 0 unspecified atom stereocenters. The van der Waals surface area contributed by atoms with Gasteiger partial charge in [-0.15, -0.1) is 0 Å². The SMILES string of the molecule is C=Cc1c(N=C)n[nH]c1C.CC. The molecular weight excluding hydrogens is 150 g/mol. The molecule has 1 N–H and O–H groups in total. The molecule has 0 bridgehead atoms. The Kier molecular flexibility index (Phi) is 4.69. The first-order chi connectivity index (χ1) is 5.79. The summed E-state index contributed by atoms with van der Waals surface area (Å²) in [6, 6.07) is 0. The molecule has 0 aliphatic heterocycles. The summed E-state index contributed by atoms with van der Waals surface area (Å²) in [6.45, 7) is 12.9. The van der Waals surface area contributed by atoms with Crippen molar-refractivity contribution in [3.63, 3.8) is 0 Å². The number of hydrogen-bond donors (Lipinski definition) is 1. The highest BCUT2D eigenvalue weighted by Crippen LogP contribution is 2.18. The lowest BCUT2D eigenvalue weighted by molar-refractivity contribution is 1.04. The molecular formula is C9H15N3. The van der Waals surface area contributed by atoms with Crippen LogP contribution in [0.1, 0.15) is 25.1 Å². The van der Waals surface area contributed by atoms with E-state index in [1.807, 2.05) is 20.8 Å². The van der Waals surface area contributed by atoms with Crippen molar-refractivity contribution in [2.75, 3.05) is 0 Å². The van der Waals surface area contributed by atoms with Crippen LogP contribution in [-0.2, 0) is 0 Å². The molecule has 0 aliphatic rings. The van der Waals surface area contributed by atoms with Crippen LogP contribution in [0.15, 0.2) is 11.6 Å². The van der Waals surface area contributed by atoms with Gasteiger partial charge < -0.3 is 0 Å². The lowest BCUT2D eigenvalue weighted by Gasteiger charge is -1.86. The van der Waals surface area contributed by atoms with E-state index in [9.17, 15) is 0 Å². The van der Waals surface area contributed by atoms with Gasteiger partial charge in [-0.3, -0.25) is 5.10 Å². The first kappa shape index (κ1) is 10.6. The molecule has 12 heavy (non-hydrogen) atoms. The highest BCUT2D eigenvalue weighted by Gasteiger charge is 2.02. The van der Waals surface area contributed by atoms with Crippen LogP contribution >= 0.6 is 0 Å². The Labute approximate surface area is 73.2 Å². The number of aryl methyl sites for hydroxylation is 1.